The van der Waals surface area contributed by atoms with Crippen LogP contribution >= 0.6 is 0 Å². The van der Waals surface area contributed by atoms with Crippen molar-refractivity contribution in [3.05, 3.63) is 0 Å². The number of aliphatic hydroxyl groups is 1. The van der Waals surface area contributed by atoms with Crippen LogP contribution in [0.25, 0.3) is 0 Å². The van der Waals surface area contributed by atoms with Gasteiger partial charge < -0.3 is 66.2 Å². The molecule has 428 valence electrons. The van der Waals surface area contributed by atoms with E-state index in [4.69, 9.17) is 29.2 Å². The minimum absolute atomic E-state index is 0.0600. The van der Waals surface area contributed by atoms with Gasteiger partial charge in [0.1, 0.15) is 25.9 Å². The summed E-state index contributed by atoms with van der Waals surface area (Å²) in [6, 6.07) is -1.58. The number of unbranched alkanes of at least 4 members (excludes halogenated alkanes) is 16. The molecule has 0 radical (unpaired) electrons. The average molecular weight is 1060 g/mol. The number of rotatable bonds is 51. The molecule has 0 aromatic heterocycles. The highest BCUT2D eigenvalue weighted by Crippen LogP contribution is 2.29. The molecule has 1 aliphatic carbocycles. The van der Waals surface area contributed by atoms with E-state index in [1.807, 2.05) is 0 Å². The van der Waals surface area contributed by atoms with E-state index >= 15 is 0 Å². The third kappa shape index (κ3) is 40.1. The van der Waals surface area contributed by atoms with Gasteiger partial charge in [0.05, 0.1) is 45.7 Å². The van der Waals surface area contributed by atoms with Gasteiger partial charge in [0.2, 0.25) is 29.5 Å². The Labute approximate surface area is 440 Å². The van der Waals surface area contributed by atoms with E-state index in [1.165, 1.54) is 64.2 Å². The smallest absolute Gasteiger partial charge is 0.326 e. The van der Waals surface area contributed by atoms with Crippen LogP contribution in [0.15, 0.2) is 0 Å². The van der Waals surface area contributed by atoms with E-state index in [2.05, 4.69) is 31.9 Å². The lowest BCUT2D eigenvalue weighted by atomic mass is 9.81. The number of aliphatic hydroxyl groups excluding tert-OH is 1. The summed E-state index contributed by atoms with van der Waals surface area (Å²) in [7, 11) is 1.66. The molecule has 1 saturated carbocycles. The van der Waals surface area contributed by atoms with E-state index in [9.17, 15) is 43.5 Å². The lowest BCUT2D eigenvalue weighted by Crippen LogP contribution is -2.45. The molecule has 0 aromatic rings. The minimum Gasteiger partial charge on any atom is -0.481 e. The first-order valence-electron chi connectivity index (χ1n) is 27.8. The summed E-state index contributed by atoms with van der Waals surface area (Å²) in [5.41, 5.74) is 0. The highest BCUT2D eigenvalue weighted by atomic mass is 16.5. The van der Waals surface area contributed by atoms with Gasteiger partial charge in [0, 0.05) is 51.4 Å². The fraction of sp³-hybridized carbons (Fsp3) is 0.849. The zero-order chi connectivity index (χ0) is 54.3. The number of hydrogen-bond acceptors (Lipinski definition) is 14. The number of amides is 5. The van der Waals surface area contributed by atoms with Crippen LogP contribution in [-0.2, 0) is 57.3 Å². The Hall–Kier alpha value is -4.28. The van der Waals surface area contributed by atoms with Crippen LogP contribution in [0.3, 0.4) is 0 Å². The fourth-order valence-corrected chi connectivity index (χ4v) is 8.60. The van der Waals surface area contributed by atoms with Gasteiger partial charge in [-0.1, -0.05) is 89.9 Å². The van der Waals surface area contributed by atoms with Gasteiger partial charge >= 0.3 is 11.9 Å². The van der Waals surface area contributed by atoms with Crippen LogP contribution in [0.4, 0.5) is 0 Å². The first kappa shape index (κ1) is 67.7. The van der Waals surface area contributed by atoms with E-state index in [-0.39, 0.29) is 132 Å². The first-order valence-corrected chi connectivity index (χ1v) is 27.8. The molecule has 0 saturated heterocycles. The number of carboxylic acid groups (broad SMARTS) is 2. The van der Waals surface area contributed by atoms with Gasteiger partial charge in [0.15, 0.2) is 5.78 Å². The van der Waals surface area contributed by atoms with Crippen molar-refractivity contribution in [2.75, 3.05) is 92.7 Å². The maximum Gasteiger partial charge on any atom is 0.326 e. The lowest BCUT2D eigenvalue weighted by Gasteiger charge is -2.28. The number of Topliss-reactive ketones (excluding diaryl/α,β-unsaturated/α-hetero) is 1. The third-order valence-electron chi connectivity index (χ3n) is 13.1. The van der Waals surface area contributed by atoms with Crippen LogP contribution < -0.4 is 31.9 Å². The molecule has 21 heteroatoms. The number of ether oxygens (including phenoxy) is 4. The molecule has 1 rings (SSSR count). The van der Waals surface area contributed by atoms with E-state index in [0.29, 0.717) is 51.6 Å². The van der Waals surface area contributed by atoms with Crippen molar-refractivity contribution in [2.45, 2.75) is 185 Å². The first-order chi connectivity index (χ1) is 35.9. The third-order valence-corrected chi connectivity index (χ3v) is 13.1. The zero-order valence-corrected chi connectivity index (χ0v) is 44.8. The Morgan fingerprint density at radius 1 is 0.473 bits per heavy atom. The summed E-state index contributed by atoms with van der Waals surface area (Å²) in [5, 5.41) is 44.0. The monoisotopic (exact) mass is 1060 g/mol. The molecule has 21 nitrogen and oxygen atoms in total. The number of ketones is 1. The second kappa shape index (κ2) is 47.2. The normalized spacial score (nSPS) is 15.2. The van der Waals surface area contributed by atoms with Gasteiger partial charge in [-0.05, 0) is 77.2 Å². The van der Waals surface area contributed by atoms with Crippen molar-refractivity contribution in [1.82, 2.24) is 31.9 Å². The Morgan fingerprint density at radius 3 is 1.42 bits per heavy atom. The Balaban J connectivity index is 1.97. The molecule has 5 amide bonds. The van der Waals surface area contributed by atoms with Crippen molar-refractivity contribution < 1.29 is 72.6 Å². The number of carboxylic acids is 2. The van der Waals surface area contributed by atoms with Crippen molar-refractivity contribution in [2.24, 2.45) is 11.8 Å². The number of carbonyl (C=O) groups excluding carboxylic acids is 6. The lowest BCUT2D eigenvalue weighted by molar-refractivity contribution is -0.143. The molecular formula is C53H96N6O15. The Morgan fingerprint density at radius 2 is 0.932 bits per heavy atom. The SMILES string of the molecule is CN[C@@H](CCCCNC(=O)COCCOCCNC(=O)COCCOCCNC(=O)CC[C@H](NC(=O)[C@H]1CC[C@H](CNC(=O)CCCCCCCCCCCCCCCCCCC(=O)O)CC1)C(=O)O)C(=O)CO. The molecule has 9 N–H and O–H groups in total. The van der Waals surface area contributed by atoms with Crippen molar-refractivity contribution in [1.29, 1.82) is 0 Å². The van der Waals surface area contributed by atoms with Gasteiger partial charge in [0.25, 0.3) is 0 Å². The quantitative estimate of drug-likeness (QED) is 0.0388. The molecule has 0 heterocycles. The van der Waals surface area contributed by atoms with E-state index < -0.39 is 30.6 Å². The summed E-state index contributed by atoms with van der Waals surface area (Å²) in [5.74, 6) is -3.42. The molecule has 0 spiro atoms. The highest BCUT2D eigenvalue weighted by molar-refractivity contribution is 5.86. The Kier molecular flexibility index (Phi) is 43.2. The summed E-state index contributed by atoms with van der Waals surface area (Å²) in [6.07, 6.45) is 24.1. The average Bonchev–Trinajstić information content (AvgIpc) is 3.38. The number of likely N-dealkylation sites (N-methyl/N-ethyl adjacent to an activating group) is 1. The van der Waals surface area contributed by atoms with Gasteiger partial charge in [-0.3, -0.25) is 33.6 Å². The standard InChI is InChI=1S/C53H96N6O15/c1-54-44(46(61)39-60)20-18-19-29-55-49(64)40-73-36-35-72-33-31-57-50(65)41-74-37-34-71-32-30-56-48(63)28-27-45(53(69)70)59-52(68)43-25-23-42(24-26-43)38-58-47(62)21-16-14-12-10-8-6-4-2-3-5-7-9-11-13-15-17-22-51(66)67/h42-45,54,60H,2-41H2,1H3,(H,55,64)(H,56,63)(H,57,65)(H,58,62)(H,59,68)(H,66,67)(H,69,70)/t42-,43-,44-,45-/m0/s1. The number of carbonyl (C=O) groups is 8. The second-order valence-corrected chi connectivity index (χ2v) is 19.4. The molecule has 0 bridgehead atoms. The van der Waals surface area contributed by atoms with Crippen molar-refractivity contribution in [3.63, 3.8) is 0 Å². The Bertz CT molecular complexity index is 1530. The molecular weight excluding hydrogens is 961 g/mol. The summed E-state index contributed by atoms with van der Waals surface area (Å²) in [6.45, 7) is 1.89. The minimum atomic E-state index is -1.21. The number of nitrogens with one attached hydrogen (secondary N) is 6. The molecule has 2 atom stereocenters. The zero-order valence-electron chi connectivity index (χ0n) is 44.8. The molecule has 0 aromatic carbocycles. The molecule has 0 aliphatic heterocycles. The highest BCUT2D eigenvalue weighted by Gasteiger charge is 2.30. The summed E-state index contributed by atoms with van der Waals surface area (Å²) >= 11 is 0. The fourth-order valence-electron chi connectivity index (χ4n) is 8.60. The van der Waals surface area contributed by atoms with Crippen LogP contribution in [0.5, 0.6) is 0 Å². The number of hydrogen-bond donors (Lipinski definition) is 9. The van der Waals surface area contributed by atoms with Gasteiger partial charge in [-0.15, -0.1) is 0 Å². The molecule has 0 unspecified atom stereocenters. The van der Waals surface area contributed by atoms with Crippen LogP contribution in [0.1, 0.15) is 173 Å². The van der Waals surface area contributed by atoms with Crippen LogP contribution in [0, 0.1) is 11.8 Å². The maximum absolute atomic E-state index is 13.0. The van der Waals surface area contributed by atoms with Crippen molar-refractivity contribution in [3.8, 4) is 0 Å². The van der Waals surface area contributed by atoms with Gasteiger partial charge in [-0.2, -0.15) is 0 Å². The van der Waals surface area contributed by atoms with E-state index in [0.717, 1.165) is 51.4 Å². The summed E-state index contributed by atoms with van der Waals surface area (Å²) in [4.78, 5) is 95.7. The van der Waals surface area contributed by atoms with E-state index in [1.54, 1.807) is 7.05 Å². The molecule has 74 heavy (non-hydrogen) atoms. The molecule has 1 aliphatic rings. The van der Waals surface area contributed by atoms with Crippen molar-refractivity contribution >= 4 is 47.3 Å². The van der Waals surface area contributed by atoms with Gasteiger partial charge in [-0.25, -0.2) is 4.79 Å². The number of aliphatic carboxylic acids is 2. The van der Waals surface area contributed by atoms with Crippen LogP contribution in [0.2, 0.25) is 0 Å². The topological polar surface area (TPSA) is 306 Å². The predicted molar refractivity (Wildman–Crippen MR) is 279 cm³/mol. The second-order valence-electron chi connectivity index (χ2n) is 19.4. The van der Waals surface area contributed by atoms with Crippen LogP contribution in [-0.4, -0.2) is 167 Å². The molecule has 1 fully saturated rings. The maximum atomic E-state index is 13.0. The predicted octanol–water partition coefficient (Wildman–Crippen LogP) is 4.10. The largest absolute Gasteiger partial charge is 0.481 e. The summed E-state index contributed by atoms with van der Waals surface area (Å²) < 4.78 is 21.4.